The molecule has 0 spiro atoms. The van der Waals surface area contributed by atoms with E-state index in [1.165, 1.54) is 12.1 Å². The number of nitrogens with one attached hydrogen (secondary N) is 1. The molecular weight excluding hydrogens is 273 g/mol. The zero-order valence-corrected chi connectivity index (χ0v) is 10.1. The molecule has 1 N–H and O–H groups in total. The van der Waals surface area contributed by atoms with Crippen LogP contribution in [0.1, 0.15) is 5.56 Å². The molecule has 20 heavy (non-hydrogen) atoms. The molecule has 2 rings (SSSR count). The number of rotatable bonds is 4. The molecule has 0 bridgehead atoms. The lowest BCUT2D eigenvalue weighted by atomic mass is 10.2. The second-order valence-corrected chi connectivity index (χ2v) is 4.03. The van der Waals surface area contributed by atoms with E-state index in [2.05, 4.69) is 5.32 Å². The van der Waals surface area contributed by atoms with E-state index in [4.69, 9.17) is 0 Å². The Morgan fingerprint density at radius 3 is 2.35 bits per heavy atom. The van der Waals surface area contributed by atoms with E-state index in [0.717, 1.165) is 24.3 Å². The zero-order valence-electron chi connectivity index (χ0n) is 10.1. The summed E-state index contributed by atoms with van der Waals surface area (Å²) >= 11 is 0. The largest absolute Gasteiger partial charge is 0.381 e. The van der Waals surface area contributed by atoms with Crippen LogP contribution in [0.25, 0.3) is 0 Å². The van der Waals surface area contributed by atoms with Crippen LogP contribution in [-0.2, 0) is 6.54 Å². The summed E-state index contributed by atoms with van der Waals surface area (Å²) in [4.78, 5) is 9.74. The Morgan fingerprint density at radius 2 is 1.70 bits per heavy atom. The molecule has 0 saturated carbocycles. The highest BCUT2D eigenvalue weighted by molar-refractivity contribution is 5.52. The van der Waals surface area contributed by atoms with Crippen LogP contribution in [0.3, 0.4) is 0 Å². The molecule has 0 aliphatic carbocycles. The Hall–Kier alpha value is -2.57. The van der Waals surface area contributed by atoms with Crippen LogP contribution in [0.2, 0.25) is 0 Å². The minimum Gasteiger partial charge on any atom is -0.381 e. The summed E-state index contributed by atoms with van der Waals surface area (Å²) in [6.07, 6.45) is 0. The van der Waals surface area contributed by atoms with Crippen molar-refractivity contribution >= 4 is 11.4 Å². The van der Waals surface area contributed by atoms with Gasteiger partial charge in [0.25, 0.3) is 0 Å². The molecule has 2 aromatic rings. The van der Waals surface area contributed by atoms with Gasteiger partial charge in [0.2, 0.25) is 5.82 Å². The summed E-state index contributed by atoms with van der Waals surface area (Å²) in [5.41, 5.74) is 0.110. The van der Waals surface area contributed by atoms with Crippen molar-refractivity contribution in [2.45, 2.75) is 6.54 Å². The molecule has 0 atom stereocenters. The molecule has 7 heteroatoms. The average Bonchev–Trinajstić information content (AvgIpc) is 2.41. The lowest BCUT2D eigenvalue weighted by Gasteiger charge is -2.07. The molecule has 0 aliphatic heterocycles. The van der Waals surface area contributed by atoms with Gasteiger partial charge in [0.05, 0.1) is 4.92 Å². The Labute approximate surface area is 112 Å². The van der Waals surface area contributed by atoms with Crippen molar-refractivity contribution < 1.29 is 18.1 Å². The van der Waals surface area contributed by atoms with Gasteiger partial charge in [-0.15, -0.1) is 0 Å². The maximum absolute atomic E-state index is 13.1. The van der Waals surface area contributed by atoms with Crippen LogP contribution in [0.4, 0.5) is 24.5 Å². The first-order chi connectivity index (χ1) is 9.47. The van der Waals surface area contributed by atoms with Crippen molar-refractivity contribution in [1.29, 1.82) is 0 Å². The molecule has 4 nitrogen and oxygen atoms in total. The van der Waals surface area contributed by atoms with Crippen LogP contribution in [-0.4, -0.2) is 4.92 Å². The third-order valence-corrected chi connectivity index (χ3v) is 2.62. The molecule has 0 fully saturated rings. The van der Waals surface area contributed by atoms with E-state index in [-0.39, 0.29) is 6.54 Å². The molecule has 0 radical (unpaired) electrons. The third kappa shape index (κ3) is 3.05. The fourth-order valence-corrected chi connectivity index (χ4v) is 1.62. The van der Waals surface area contributed by atoms with E-state index in [1.807, 2.05) is 0 Å². The number of benzene rings is 2. The van der Waals surface area contributed by atoms with E-state index >= 15 is 0 Å². The van der Waals surface area contributed by atoms with Crippen LogP contribution in [0, 0.1) is 27.6 Å². The average molecular weight is 282 g/mol. The summed E-state index contributed by atoms with van der Waals surface area (Å²) in [5.74, 6) is -2.87. The van der Waals surface area contributed by atoms with Crippen molar-refractivity contribution in [2.24, 2.45) is 0 Å². The minimum atomic E-state index is -0.977. The van der Waals surface area contributed by atoms with Gasteiger partial charge in [0.1, 0.15) is 0 Å². The molecule has 0 saturated heterocycles. The summed E-state index contributed by atoms with van der Waals surface area (Å²) in [6.45, 7) is 0.125. The van der Waals surface area contributed by atoms with Gasteiger partial charge in [0, 0.05) is 18.3 Å². The van der Waals surface area contributed by atoms with Gasteiger partial charge in [-0.3, -0.25) is 10.1 Å². The number of nitro groups is 1. The smallest absolute Gasteiger partial charge is 0.306 e. The first-order valence-corrected chi connectivity index (χ1v) is 5.59. The Morgan fingerprint density at radius 1 is 1.00 bits per heavy atom. The Balaban J connectivity index is 2.12. The molecule has 0 aliphatic rings. The second-order valence-electron chi connectivity index (χ2n) is 4.03. The van der Waals surface area contributed by atoms with Gasteiger partial charge in [-0.05, 0) is 29.8 Å². The van der Waals surface area contributed by atoms with E-state index in [0.29, 0.717) is 11.3 Å². The predicted molar refractivity (Wildman–Crippen MR) is 66.7 cm³/mol. The van der Waals surface area contributed by atoms with E-state index in [9.17, 15) is 23.3 Å². The number of halogens is 3. The third-order valence-electron chi connectivity index (χ3n) is 2.62. The molecule has 0 unspecified atom stereocenters. The van der Waals surface area contributed by atoms with Crippen LogP contribution < -0.4 is 5.32 Å². The van der Waals surface area contributed by atoms with Crippen molar-refractivity contribution in [3.05, 3.63) is 69.5 Å². The van der Waals surface area contributed by atoms with Crippen molar-refractivity contribution in [2.75, 3.05) is 5.32 Å². The predicted octanol–water partition coefficient (Wildman–Crippen LogP) is 3.62. The van der Waals surface area contributed by atoms with Gasteiger partial charge in [-0.25, -0.2) is 8.78 Å². The molecule has 0 aromatic heterocycles. The lowest BCUT2D eigenvalue weighted by molar-refractivity contribution is -0.387. The SMILES string of the molecule is O=[N+]([O-])c1cc(NCc2ccc(F)c(F)c2)ccc1F. The summed E-state index contributed by atoms with van der Waals surface area (Å²) in [7, 11) is 0. The van der Waals surface area contributed by atoms with E-state index in [1.54, 1.807) is 0 Å². The maximum atomic E-state index is 13.1. The van der Waals surface area contributed by atoms with Crippen LogP contribution in [0.5, 0.6) is 0 Å². The fraction of sp³-hybridized carbons (Fsp3) is 0.0769. The highest BCUT2D eigenvalue weighted by atomic mass is 19.2. The number of nitrogens with zero attached hydrogens (tertiary/aromatic N) is 1. The number of nitro benzene ring substituents is 1. The van der Waals surface area contributed by atoms with E-state index < -0.39 is 28.1 Å². The maximum Gasteiger partial charge on any atom is 0.306 e. The van der Waals surface area contributed by atoms with Crippen molar-refractivity contribution in [3.63, 3.8) is 0 Å². The first kappa shape index (κ1) is 13.9. The Bertz CT molecular complexity index is 662. The van der Waals surface area contributed by atoms with Crippen LogP contribution in [0.15, 0.2) is 36.4 Å². The molecule has 104 valence electrons. The molecular formula is C13H9F3N2O2. The molecule has 0 amide bonds. The van der Waals surface area contributed by atoms with Gasteiger partial charge in [-0.1, -0.05) is 6.07 Å². The van der Waals surface area contributed by atoms with Crippen LogP contribution >= 0.6 is 0 Å². The summed E-state index contributed by atoms with van der Waals surface area (Å²) in [6, 6.07) is 6.70. The fourth-order valence-electron chi connectivity index (χ4n) is 1.62. The molecule has 2 aromatic carbocycles. The number of anilines is 1. The first-order valence-electron chi connectivity index (χ1n) is 5.59. The summed E-state index contributed by atoms with van der Waals surface area (Å²) < 4.78 is 38.8. The highest BCUT2D eigenvalue weighted by Crippen LogP contribution is 2.22. The standard InChI is InChI=1S/C13H9F3N2O2/c14-10-3-1-8(5-12(10)16)7-17-9-2-4-11(15)13(6-9)18(19)20/h1-6,17H,7H2. The van der Waals surface area contributed by atoms with Crippen molar-refractivity contribution in [1.82, 2.24) is 0 Å². The normalized spacial score (nSPS) is 10.3. The summed E-state index contributed by atoms with van der Waals surface area (Å²) in [5, 5.41) is 13.3. The lowest BCUT2D eigenvalue weighted by Crippen LogP contribution is -2.02. The highest BCUT2D eigenvalue weighted by Gasteiger charge is 2.14. The van der Waals surface area contributed by atoms with Gasteiger partial charge >= 0.3 is 5.69 Å². The second kappa shape index (κ2) is 5.60. The minimum absolute atomic E-state index is 0.125. The topological polar surface area (TPSA) is 55.2 Å². The number of hydrogen-bond acceptors (Lipinski definition) is 3. The van der Waals surface area contributed by atoms with Gasteiger partial charge in [-0.2, -0.15) is 4.39 Å². The zero-order chi connectivity index (χ0) is 14.7. The quantitative estimate of drug-likeness (QED) is 0.688. The molecule has 0 heterocycles. The van der Waals surface area contributed by atoms with Gasteiger partial charge < -0.3 is 5.32 Å². The Kier molecular flexibility index (Phi) is 3.88. The number of hydrogen-bond donors (Lipinski definition) is 1. The monoisotopic (exact) mass is 282 g/mol. The van der Waals surface area contributed by atoms with Gasteiger partial charge in [0.15, 0.2) is 11.6 Å². The van der Waals surface area contributed by atoms with Crippen molar-refractivity contribution in [3.8, 4) is 0 Å².